The van der Waals surface area contributed by atoms with Gasteiger partial charge in [0.15, 0.2) is 0 Å². The van der Waals surface area contributed by atoms with Gasteiger partial charge >= 0.3 is 0 Å². The van der Waals surface area contributed by atoms with Crippen LogP contribution in [0.1, 0.15) is 34.9 Å². The molecule has 0 spiro atoms. The maximum atomic E-state index is 2.33. The largest absolute Gasteiger partial charge is 0.152 e. The van der Waals surface area contributed by atoms with Crippen molar-refractivity contribution in [2.24, 2.45) is 0 Å². The number of rotatable bonds is 2. The Bertz CT molecular complexity index is 820. The minimum atomic E-state index is 0.450. The summed E-state index contributed by atoms with van der Waals surface area (Å²) >= 11 is 0. The van der Waals surface area contributed by atoms with Gasteiger partial charge in [0, 0.05) is 5.92 Å². The first kappa shape index (κ1) is 14.5. The molecule has 0 amide bonds. The molecular weight excluding hydrogens is 296 g/mol. The molecule has 0 N–H and O–H groups in total. The Morgan fingerprint density at radius 2 is 1.70 bits per heavy atom. The second kappa shape index (κ2) is 6.55. The van der Waals surface area contributed by atoms with Crippen LogP contribution in [0, 0.1) is 0 Å². The third kappa shape index (κ3) is 2.89. The van der Waals surface area contributed by atoms with Crippen molar-refractivity contribution in [3.63, 3.8) is 0 Å². The summed E-state index contributed by atoms with van der Waals surface area (Å²) in [5, 5.41) is 4.47. The summed E-state index contributed by atoms with van der Waals surface area (Å²) < 4.78 is 0. The maximum Gasteiger partial charge on any atom is 0.0169 e. The predicted octanol–water partition coefficient (Wildman–Crippen LogP) is 5.33. The van der Waals surface area contributed by atoms with Crippen molar-refractivity contribution in [2.75, 3.05) is 0 Å². The Labute approximate surface area is 141 Å². The molecule has 2 aromatic carbocycles. The molecule has 1 heterocycles. The molecule has 2 unspecified atom stereocenters. The molecule has 1 aliphatic heterocycles. The molecule has 2 aromatic rings. The number of aryl methyl sites for hydroxylation is 1. The van der Waals surface area contributed by atoms with Crippen molar-refractivity contribution >= 4 is 21.7 Å². The Hall–Kier alpha value is -2.12. The standard InChI is InChI=1S/C22H20S/c1-2-8-17(9-3-1)21-14-13-18-10-4-5-12-20(18)22(21)19-11-6-7-15-23-16-19/h1-12,15-16,21-22H,13-14H2. The quantitative estimate of drug-likeness (QED) is 0.657. The van der Waals surface area contributed by atoms with E-state index in [0.29, 0.717) is 11.8 Å². The second-order valence-electron chi connectivity index (χ2n) is 6.17. The van der Waals surface area contributed by atoms with Crippen molar-refractivity contribution in [3.05, 3.63) is 95.1 Å². The molecule has 23 heavy (non-hydrogen) atoms. The monoisotopic (exact) mass is 316 g/mol. The van der Waals surface area contributed by atoms with Gasteiger partial charge in [-0.15, -0.1) is 0 Å². The van der Waals surface area contributed by atoms with Gasteiger partial charge in [-0.3, -0.25) is 0 Å². The van der Waals surface area contributed by atoms with Gasteiger partial charge in [0.1, 0.15) is 0 Å². The molecule has 0 fully saturated rings. The predicted molar refractivity (Wildman–Crippen MR) is 104 cm³/mol. The highest BCUT2D eigenvalue weighted by atomic mass is 32.1. The fraction of sp³-hybridized carbons (Fsp3) is 0.182. The highest BCUT2D eigenvalue weighted by Gasteiger charge is 2.32. The van der Waals surface area contributed by atoms with Crippen LogP contribution in [-0.4, -0.2) is 10.7 Å². The Morgan fingerprint density at radius 1 is 0.870 bits per heavy atom. The minimum Gasteiger partial charge on any atom is -0.152 e. The normalized spacial score (nSPS) is 22.7. The van der Waals surface area contributed by atoms with E-state index in [2.05, 4.69) is 83.6 Å². The first-order valence-electron chi connectivity index (χ1n) is 8.25. The molecule has 114 valence electrons. The van der Waals surface area contributed by atoms with Gasteiger partial charge in [0.05, 0.1) is 0 Å². The van der Waals surface area contributed by atoms with Crippen molar-refractivity contribution in [1.82, 2.24) is 0 Å². The van der Waals surface area contributed by atoms with Gasteiger partial charge in [-0.05, 0) is 51.8 Å². The zero-order chi connectivity index (χ0) is 15.5. The molecule has 0 aromatic heterocycles. The molecule has 4 rings (SSSR count). The van der Waals surface area contributed by atoms with E-state index in [9.17, 15) is 0 Å². The van der Waals surface area contributed by atoms with Gasteiger partial charge < -0.3 is 0 Å². The topological polar surface area (TPSA) is 0 Å². The zero-order valence-electron chi connectivity index (χ0n) is 13.1. The number of benzene rings is 2. The third-order valence-corrected chi connectivity index (χ3v) is 5.59. The average molecular weight is 316 g/mol. The van der Waals surface area contributed by atoms with Crippen LogP contribution in [0.15, 0.2) is 78.4 Å². The van der Waals surface area contributed by atoms with Crippen molar-refractivity contribution < 1.29 is 0 Å². The fourth-order valence-corrected chi connectivity index (χ4v) is 4.46. The molecule has 0 saturated heterocycles. The van der Waals surface area contributed by atoms with Crippen LogP contribution in [-0.2, 0) is 6.42 Å². The molecule has 1 aliphatic carbocycles. The summed E-state index contributed by atoms with van der Waals surface area (Å²) in [6.45, 7) is 0. The van der Waals surface area contributed by atoms with Gasteiger partial charge in [0.25, 0.3) is 0 Å². The van der Waals surface area contributed by atoms with E-state index in [0.717, 1.165) is 0 Å². The third-order valence-electron chi connectivity index (χ3n) is 4.87. The van der Waals surface area contributed by atoms with E-state index < -0.39 is 0 Å². The van der Waals surface area contributed by atoms with Gasteiger partial charge in [-0.25, -0.2) is 0 Å². The minimum absolute atomic E-state index is 0.450. The van der Waals surface area contributed by atoms with E-state index in [-0.39, 0.29) is 0 Å². The van der Waals surface area contributed by atoms with Crippen LogP contribution in [0.25, 0.3) is 0 Å². The van der Waals surface area contributed by atoms with Crippen LogP contribution >= 0.6 is 10.9 Å². The smallest absolute Gasteiger partial charge is 0.0169 e. The number of hydrogen-bond donors (Lipinski definition) is 0. The molecule has 0 saturated carbocycles. The molecule has 2 aliphatic rings. The lowest BCUT2D eigenvalue weighted by Gasteiger charge is -2.35. The summed E-state index contributed by atoms with van der Waals surface area (Å²) in [7, 11) is 1.78. The second-order valence-corrected chi connectivity index (χ2v) is 6.95. The summed E-state index contributed by atoms with van der Waals surface area (Å²) in [5.41, 5.74) is 5.91. The fourth-order valence-electron chi connectivity index (χ4n) is 3.82. The van der Waals surface area contributed by atoms with E-state index in [4.69, 9.17) is 0 Å². The van der Waals surface area contributed by atoms with Crippen LogP contribution in [0.5, 0.6) is 0 Å². The van der Waals surface area contributed by atoms with E-state index in [1.807, 2.05) is 0 Å². The number of fused-ring (bicyclic) bond motifs is 1. The lowest BCUT2D eigenvalue weighted by Crippen LogP contribution is -2.21. The molecule has 0 nitrogen and oxygen atoms in total. The van der Waals surface area contributed by atoms with Crippen molar-refractivity contribution in [2.45, 2.75) is 24.7 Å². The molecule has 2 atom stereocenters. The van der Waals surface area contributed by atoms with E-state index >= 15 is 0 Å². The summed E-state index contributed by atoms with van der Waals surface area (Å²) in [4.78, 5) is 0. The van der Waals surface area contributed by atoms with Crippen LogP contribution < -0.4 is 0 Å². The molecular formula is C22H20S. The van der Waals surface area contributed by atoms with Crippen molar-refractivity contribution in [3.8, 4) is 0 Å². The van der Waals surface area contributed by atoms with Crippen LogP contribution in [0.2, 0.25) is 0 Å². The van der Waals surface area contributed by atoms with E-state index in [1.54, 1.807) is 10.9 Å². The molecule has 0 bridgehead atoms. The van der Waals surface area contributed by atoms with Gasteiger partial charge in [-0.1, -0.05) is 72.8 Å². The lowest BCUT2D eigenvalue weighted by atomic mass is 9.69. The Morgan fingerprint density at radius 3 is 2.61 bits per heavy atom. The zero-order valence-corrected chi connectivity index (χ0v) is 13.9. The summed E-state index contributed by atoms with van der Waals surface area (Å²) in [5.74, 6) is 1.01. The molecule has 1 heteroatoms. The summed E-state index contributed by atoms with van der Waals surface area (Å²) in [6, 6.07) is 20.0. The van der Waals surface area contributed by atoms with Gasteiger partial charge in [-0.2, -0.15) is 10.9 Å². The van der Waals surface area contributed by atoms with Crippen molar-refractivity contribution in [1.29, 1.82) is 0 Å². The SMILES string of the molecule is C1=CC=C(C2c3ccccc3CCC2c2ccccc2)C=S=C1. The Kier molecular flexibility index (Phi) is 4.12. The number of allylic oxidation sites excluding steroid dienone is 4. The van der Waals surface area contributed by atoms with Crippen LogP contribution in [0.3, 0.4) is 0 Å². The lowest BCUT2D eigenvalue weighted by molar-refractivity contribution is 0.528. The van der Waals surface area contributed by atoms with Gasteiger partial charge in [0.2, 0.25) is 0 Å². The van der Waals surface area contributed by atoms with E-state index in [1.165, 1.54) is 35.1 Å². The molecule has 0 radical (unpaired) electrons. The first-order valence-corrected chi connectivity index (χ1v) is 9.19. The maximum absolute atomic E-state index is 2.33. The average Bonchev–Trinajstić information content (AvgIpc) is 2.90. The summed E-state index contributed by atoms with van der Waals surface area (Å²) in [6.07, 6.45) is 8.98. The van der Waals surface area contributed by atoms with Crippen LogP contribution in [0.4, 0.5) is 0 Å². The first-order chi connectivity index (χ1) is 11.4. The highest BCUT2D eigenvalue weighted by Crippen LogP contribution is 2.46. The highest BCUT2D eigenvalue weighted by molar-refractivity contribution is 7.96. The number of hydrogen-bond acceptors (Lipinski definition) is 0. The Balaban J connectivity index is 1.86.